The van der Waals surface area contributed by atoms with E-state index < -0.39 is 0 Å². The maximum Gasteiger partial charge on any atom is 0.225 e. The molecular formula is C17H19ClN6. The van der Waals surface area contributed by atoms with Crippen LogP contribution < -0.4 is 10.6 Å². The summed E-state index contributed by atoms with van der Waals surface area (Å²) in [5.41, 5.74) is 7.23. The van der Waals surface area contributed by atoms with Gasteiger partial charge in [0.25, 0.3) is 0 Å². The topological polar surface area (TPSA) is 82.1 Å². The fourth-order valence-corrected chi connectivity index (χ4v) is 3.72. The molecule has 0 amide bonds. The number of nitrogens with one attached hydrogen (secondary N) is 1. The maximum absolute atomic E-state index is 8.68. The van der Waals surface area contributed by atoms with Crippen molar-refractivity contribution in [2.75, 3.05) is 30.3 Å². The lowest BCUT2D eigenvalue weighted by Gasteiger charge is -2.43. The molecule has 124 valence electrons. The number of benzene rings is 1. The van der Waals surface area contributed by atoms with Gasteiger partial charge in [-0.1, -0.05) is 17.7 Å². The number of nitrogens with zero attached hydrogens (tertiary/aromatic N) is 4. The Balaban J connectivity index is 1.59. The summed E-state index contributed by atoms with van der Waals surface area (Å²) in [5.74, 6) is 1.18. The molecule has 0 unspecified atom stereocenters. The van der Waals surface area contributed by atoms with Crippen molar-refractivity contribution in [3.8, 4) is 0 Å². The summed E-state index contributed by atoms with van der Waals surface area (Å²) in [7, 11) is 0. The summed E-state index contributed by atoms with van der Waals surface area (Å²) in [4.78, 5) is 13.1. The molecule has 4 rings (SSSR count). The fraction of sp³-hybridized carbons (Fsp3) is 0.353. The van der Waals surface area contributed by atoms with Gasteiger partial charge in [-0.3, -0.25) is 5.41 Å². The lowest BCUT2D eigenvalue weighted by molar-refractivity contribution is 0.257. The number of rotatable bonds is 2. The average Bonchev–Trinajstić information content (AvgIpc) is 3.35. The second-order valence-corrected chi connectivity index (χ2v) is 6.81. The van der Waals surface area contributed by atoms with Crippen molar-refractivity contribution >= 4 is 29.1 Å². The highest BCUT2D eigenvalue weighted by atomic mass is 35.5. The Kier molecular flexibility index (Phi) is 3.57. The van der Waals surface area contributed by atoms with Gasteiger partial charge in [-0.25, -0.2) is 9.97 Å². The number of halogens is 1. The zero-order valence-corrected chi connectivity index (χ0v) is 14.0. The van der Waals surface area contributed by atoms with E-state index in [4.69, 9.17) is 22.7 Å². The van der Waals surface area contributed by atoms with Crippen LogP contribution in [-0.2, 0) is 0 Å². The minimum Gasteiger partial charge on any atom is -0.398 e. The molecule has 0 radical (unpaired) electrons. The van der Waals surface area contributed by atoms with E-state index in [-0.39, 0.29) is 5.54 Å². The fourth-order valence-electron chi connectivity index (χ4n) is 3.45. The molecule has 1 spiro atoms. The molecule has 2 fully saturated rings. The first-order valence-corrected chi connectivity index (χ1v) is 8.41. The molecule has 1 aliphatic heterocycles. The number of hydrogen-bond donors (Lipinski definition) is 2. The third kappa shape index (κ3) is 2.47. The Morgan fingerprint density at radius 3 is 2.58 bits per heavy atom. The Morgan fingerprint density at radius 2 is 1.92 bits per heavy atom. The highest BCUT2D eigenvalue weighted by Crippen LogP contribution is 2.46. The highest BCUT2D eigenvalue weighted by Gasteiger charge is 2.53. The predicted molar refractivity (Wildman–Crippen MR) is 95.6 cm³/mol. The molecule has 2 heterocycles. The smallest absolute Gasteiger partial charge is 0.225 e. The van der Waals surface area contributed by atoms with Crippen LogP contribution in [0.1, 0.15) is 18.4 Å². The second-order valence-electron chi connectivity index (χ2n) is 6.40. The van der Waals surface area contributed by atoms with Crippen LogP contribution in [0.15, 0.2) is 36.7 Å². The van der Waals surface area contributed by atoms with Crippen molar-refractivity contribution in [3.63, 3.8) is 0 Å². The van der Waals surface area contributed by atoms with E-state index >= 15 is 0 Å². The third-order valence-electron chi connectivity index (χ3n) is 4.87. The van der Waals surface area contributed by atoms with Gasteiger partial charge in [0.05, 0.1) is 16.1 Å². The van der Waals surface area contributed by atoms with Crippen LogP contribution in [0.4, 0.5) is 11.6 Å². The molecule has 1 aromatic heterocycles. The lowest BCUT2D eigenvalue weighted by Crippen LogP contribution is -2.57. The molecule has 0 bridgehead atoms. The predicted octanol–water partition coefficient (Wildman–Crippen LogP) is 2.39. The van der Waals surface area contributed by atoms with Crippen molar-refractivity contribution in [2.24, 2.45) is 0 Å². The largest absolute Gasteiger partial charge is 0.398 e. The number of piperazine rings is 1. The van der Waals surface area contributed by atoms with E-state index in [2.05, 4.69) is 19.8 Å². The van der Waals surface area contributed by atoms with Crippen molar-refractivity contribution in [3.05, 3.63) is 47.2 Å². The van der Waals surface area contributed by atoms with Gasteiger partial charge >= 0.3 is 0 Å². The molecular weight excluding hydrogens is 324 g/mol. The van der Waals surface area contributed by atoms with E-state index in [0.29, 0.717) is 22.1 Å². The number of nitrogens with two attached hydrogens (primary N) is 1. The molecule has 24 heavy (non-hydrogen) atoms. The van der Waals surface area contributed by atoms with Crippen LogP contribution in [0.2, 0.25) is 5.02 Å². The van der Waals surface area contributed by atoms with E-state index in [1.165, 1.54) is 0 Å². The van der Waals surface area contributed by atoms with Crippen molar-refractivity contribution in [1.29, 1.82) is 5.41 Å². The van der Waals surface area contributed by atoms with Crippen LogP contribution in [0, 0.1) is 5.41 Å². The molecule has 2 aliphatic rings. The number of aromatic nitrogens is 2. The minimum atomic E-state index is -0.0276. The molecule has 1 saturated heterocycles. The van der Waals surface area contributed by atoms with Crippen LogP contribution in [-0.4, -0.2) is 45.9 Å². The van der Waals surface area contributed by atoms with Gasteiger partial charge in [-0.15, -0.1) is 0 Å². The summed E-state index contributed by atoms with van der Waals surface area (Å²) in [6.45, 7) is 2.34. The van der Waals surface area contributed by atoms with E-state index in [0.717, 1.165) is 38.4 Å². The molecule has 3 N–H and O–H groups in total. The third-order valence-corrected chi connectivity index (χ3v) is 5.18. The lowest BCUT2D eigenvalue weighted by atomic mass is 10.1. The minimum absolute atomic E-state index is 0.0276. The monoisotopic (exact) mass is 342 g/mol. The first-order chi connectivity index (χ1) is 11.6. The summed E-state index contributed by atoms with van der Waals surface area (Å²) in [5, 5.41) is 9.22. The van der Waals surface area contributed by atoms with Gasteiger partial charge in [-0.05, 0) is 31.0 Å². The zero-order chi connectivity index (χ0) is 16.7. The van der Waals surface area contributed by atoms with Gasteiger partial charge < -0.3 is 15.5 Å². The van der Waals surface area contributed by atoms with Gasteiger partial charge in [0.15, 0.2) is 0 Å². The quantitative estimate of drug-likeness (QED) is 0.497. The normalized spacial score (nSPS) is 18.7. The molecule has 1 aromatic carbocycles. The van der Waals surface area contributed by atoms with Crippen LogP contribution in [0.5, 0.6) is 0 Å². The van der Waals surface area contributed by atoms with Crippen LogP contribution in [0.3, 0.4) is 0 Å². The Morgan fingerprint density at radius 1 is 1.17 bits per heavy atom. The van der Waals surface area contributed by atoms with E-state index in [1.54, 1.807) is 24.5 Å². The molecule has 2 aromatic rings. The Bertz CT molecular complexity index is 754. The maximum atomic E-state index is 8.68. The van der Waals surface area contributed by atoms with Gasteiger partial charge in [0.2, 0.25) is 5.95 Å². The summed E-state index contributed by atoms with van der Waals surface area (Å²) in [6.07, 6.45) is 5.65. The molecule has 1 aliphatic carbocycles. The summed E-state index contributed by atoms with van der Waals surface area (Å²) in [6, 6.07) is 7.22. The van der Waals surface area contributed by atoms with Crippen molar-refractivity contribution in [1.82, 2.24) is 14.9 Å². The van der Waals surface area contributed by atoms with Crippen molar-refractivity contribution in [2.45, 2.75) is 18.4 Å². The van der Waals surface area contributed by atoms with Crippen LogP contribution >= 0.6 is 11.6 Å². The Hall–Kier alpha value is -2.34. The first-order valence-electron chi connectivity index (χ1n) is 8.03. The molecule has 6 nitrogen and oxygen atoms in total. The van der Waals surface area contributed by atoms with E-state index in [1.807, 2.05) is 12.1 Å². The van der Waals surface area contributed by atoms with Crippen molar-refractivity contribution < 1.29 is 0 Å². The molecule has 0 atom stereocenters. The van der Waals surface area contributed by atoms with Gasteiger partial charge in [0, 0.05) is 37.7 Å². The number of anilines is 2. The molecule has 7 heteroatoms. The van der Waals surface area contributed by atoms with Crippen LogP contribution in [0.25, 0.3) is 0 Å². The Labute approximate surface area is 145 Å². The van der Waals surface area contributed by atoms with E-state index in [9.17, 15) is 0 Å². The highest BCUT2D eigenvalue weighted by molar-refractivity contribution is 6.34. The number of hydrogen-bond acceptors (Lipinski definition) is 5. The molecule has 1 saturated carbocycles. The first kappa shape index (κ1) is 15.2. The number of nitrogen functional groups attached to an aromatic ring is 1. The standard InChI is InChI=1S/C17H19ClN6/c18-12-3-1-4-13(19)14(12)15(20)24-10-9-23(11-17(24)5-6-17)16-21-7-2-8-22-16/h1-4,7-8,20H,5-6,9-11,19H2. The van der Waals surface area contributed by atoms with Gasteiger partial charge in [0.1, 0.15) is 5.84 Å². The SMILES string of the molecule is N=C(c1c(N)cccc1Cl)N1CCN(c2ncccn2)CC12CC2. The average molecular weight is 343 g/mol. The summed E-state index contributed by atoms with van der Waals surface area (Å²) >= 11 is 6.30. The summed E-state index contributed by atoms with van der Waals surface area (Å²) < 4.78 is 0. The zero-order valence-electron chi connectivity index (χ0n) is 13.2. The number of amidine groups is 1. The second kappa shape index (κ2) is 5.63. The van der Waals surface area contributed by atoms with Gasteiger partial charge in [-0.2, -0.15) is 0 Å².